The highest BCUT2D eigenvalue weighted by Crippen LogP contribution is 2.15. The number of carbonyl (C=O) groups is 1. The van der Waals surface area contributed by atoms with Crippen molar-refractivity contribution in [2.24, 2.45) is 5.92 Å². The van der Waals surface area contributed by atoms with Gasteiger partial charge in [-0.05, 0) is 29.0 Å². The lowest BCUT2D eigenvalue weighted by Gasteiger charge is -2.06. The topological polar surface area (TPSA) is 17.1 Å². The zero-order chi connectivity index (χ0) is 18.4. The summed E-state index contributed by atoms with van der Waals surface area (Å²) in [5.41, 5.74) is 4.98. The molecule has 0 amide bonds. The second-order valence-electron chi connectivity index (χ2n) is 6.99. The van der Waals surface area contributed by atoms with Gasteiger partial charge >= 0.3 is 0 Å². The Labute approximate surface area is 156 Å². The normalized spacial score (nSPS) is 11.2. The van der Waals surface area contributed by atoms with Crippen molar-refractivity contribution < 1.29 is 4.79 Å². The number of benzene rings is 3. The summed E-state index contributed by atoms with van der Waals surface area (Å²) in [5, 5.41) is 0. The monoisotopic (exact) mass is 340 g/mol. The average molecular weight is 340 g/mol. The second kappa shape index (κ2) is 8.44. The van der Waals surface area contributed by atoms with Crippen LogP contribution in [0.2, 0.25) is 0 Å². The van der Waals surface area contributed by atoms with E-state index < -0.39 is 0 Å². The molecule has 0 radical (unpaired) electrons. The van der Waals surface area contributed by atoms with Crippen molar-refractivity contribution in [1.29, 1.82) is 0 Å². The Hall–Kier alpha value is -2.93. The predicted molar refractivity (Wildman–Crippen MR) is 110 cm³/mol. The van der Waals surface area contributed by atoms with E-state index in [-0.39, 0.29) is 5.78 Å². The van der Waals surface area contributed by atoms with Crippen molar-refractivity contribution in [1.82, 2.24) is 0 Å². The Balaban J connectivity index is 1.69. The number of carbonyl (C=O) groups excluding carboxylic acids is 1. The molecule has 0 heterocycles. The fraction of sp³-hybridized carbons (Fsp3) is 0.160. The molecule has 0 aliphatic heterocycles. The van der Waals surface area contributed by atoms with E-state index in [0.717, 1.165) is 28.7 Å². The molecule has 3 aromatic carbocycles. The molecule has 0 aliphatic carbocycles. The van der Waals surface area contributed by atoms with Gasteiger partial charge in [-0.25, -0.2) is 0 Å². The molecular weight excluding hydrogens is 316 g/mol. The fourth-order valence-electron chi connectivity index (χ4n) is 2.93. The minimum absolute atomic E-state index is 0.0692. The van der Waals surface area contributed by atoms with Crippen LogP contribution in [0.1, 0.15) is 46.5 Å². The smallest absolute Gasteiger partial charge is 0.193 e. The first-order chi connectivity index (χ1) is 12.6. The van der Waals surface area contributed by atoms with E-state index in [4.69, 9.17) is 0 Å². The van der Waals surface area contributed by atoms with E-state index in [9.17, 15) is 4.79 Å². The largest absolute Gasteiger partial charge is 0.289 e. The van der Waals surface area contributed by atoms with Crippen LogP contribution in [0.5, 0.6) is 0 Å². The zero-order valence-electron chi connectivity index (χ0n) is 15.4. The zero-order valence-corrected chi connectivity index (χ0v) is 15.4. The fourth-order valence-corrected chi connectivity index (χ4v) is 2.93. The molecule has 0 atom stereocenters. The highest BCUT2D eigenvalue weighted by atomic mass is 16.1. The number of rotatable bonds is 6. The van der Waals surface area contributed by atoms with Gasteiger partial charge in [0.25, 0.3) is 0 Å². The van der Waals surface area contributed by atoms with Gasteiger partial charge in [0.05, 0.1) is 0 Å². The highest BCUT2D eigenvalue weighted by Gasteiger charge is 2.09. The molecule has 0 spiro atoms. The number of ketones is 1. The minimum Gasteiger partial charge on any atom is -0.289 e. The third kappa shape index (κ3) is 4.80. The predicted octanol–water partition coefficient (Wildman–Crippen LogP) is 6.29. The quantitative estimate of drug-likeness (QED) is 0.381. The molecule has 0 unspecified atom stereocenters. The number of hydrogen-bond acceptors (Lipinski definition) is 1. The van der Waals surface area contributed by atoms with Gasteiger partial charge in [0, 0.05) is 11.1 Å². The maximum Gasteiger partial charge on any atom is 0.193 e. The Morgan fingerprint density at radius 3 is 1.77 bits per heavy atom. The van der Waals surface area contributed by atoms with Crippen LogP contribution < -0.4 is 0 Å². The van der Waals surface area contributed by atoms with Gasteiger partial charge < -0.3 is 0 Å². The van der Waals surface area contributed by atoms with Crippen LogP contribution in [-0.4, -0.2) is 5.78 Å². The lowest BCUT2D eigenvalue weighted by atomic mass is 9.98. The molecule has 0 aromatic heterocycles. The Morgan fingerprint density at radius 1 is 0.731 bits per heavy atom. The van der Waals surface area contributed by atoms with Crippen molar-refractivity contribution in [3.63, 3.8) is 0 Å². The van der Waals surface area contributed by atoms with Crippen LogP contribution >= 0.6 is 0 Å². The first-order valence-corrected chi connectivity index (χ1v) is 9.08. The first kappa shape index (κ1) is 17.9. The summed E-state index contributed by atoms with van der Waals surface area (Å²) in [6, 6.07) is 25.9. The van der Waals surface area contributed by atoms with Gasteiger partial charge in [-0.3, -0.25) is 4.79 Å². The molecule has 1 heteroatoms. The summed E-state index contributed by atoms with van der Waals surface area (Å²) in [6.07, 6.45) is 5.17. The lowest BCUT2D eigenvalue weighted by molar-refractivity contribution is 0.103. The molecule has 26 heavy (non-hydrogen) atoms. The average Bonchev–Trinajstić information content (AvgIpc) is 2.67. The first-order valence-electron chi connectivity index (χ1n) is 9.08. The lowest BCUT2D eigenvalue weighted by Crippen LogP contribution is -2.02. The molecule has 0 saturated heterocycles. The van der Waals surface area contributed by atoms with Gasteiger partial charge in [0.15, 0.2) is 5.78 Å². The van der Waals surface area contributed by atoms with Gasteiger partial charge in [-0.2, -0.15) is 0 Å². The molecule has 3 aromatic rings. The summed E-state index contributed by atoms with van der Waals surface area (Å²) in [4.78, 5) is 12.7. The van der Waals surface area contributed by atoms with E-state index in [1.54, 1.807) is 0 Å². The van der Waals surface area contributed by atoms with E-state index in [1.807, 2.05) is 54.6 Å². The SMILES string of the molecule is CC(C)Cc1ccc(C(=O)c2ccc(C=Cc3ccccc3)cc2)cc1. The van der Waals surface area contributed by atoms with E-state index in [1.165, 1.54) is 5.56 Å². The van der Waals surface area contributed by atoms with Crippen LogP contribution in [0.15, 0.2) is 78.9 Å². The molecule has 130 valence electrons. The van der Waals surface area contributed by atoms with Crippen LogP contribution in [-0.2, 0) is 6.42 Å². The molecule has 0 fully saturated rings. The van der Waals surface area contributed by atoms with E-state index >= 15 is 0 Å². The maximum atomic E-state index is 12.7. The highest BCUT2D eigenvalue weighted by molar-refractivity contribution is 6.09. The molecular formula is C25H24O. The Kier molecular flexibility index (Phi) is 5.80. The van der Waals surface area contributed by atoms with Crippen LogP contribution in [0.25, 0.3) is 12.2 Å². The summed E-state index contributed by atoms with van der Waals surface area (Å²) >= 11 is 0. The van der Waals surface area contributed by atoms with Gasteiger partial charge in [0.1, 0.15) is 0 Å². The van der Waals surface area contributed by atoms with Gasteiger partial charge in [-0.1, -0.05) is 105 Å². The Bertz CT molecular complexity index is 870. The minimum atomic E-state index is 0.0692. The summed E-state index contributed by atoms with van der Waals surface area (Å²) in [6.45, 7) is 4.40. The molecule has 0 saturated carbocycles. The summed E-state index contributed by atoms with van der Waals surface area (Å²) < 4.78 is 0. The molecule has 1 nitrogen and oxygen atoms in total. The van der Waals surface area contributed by atoms with Crippen molar-refractivity contribution in [2.45, 2.75) is 20.3 Å². The maximum absolute atomic E-state index is 12.7. The third-order valence-electron chi connectivity index (χ3n) is 4.30. The van der Waals surface area contributed by atoms with Crippen molar-refractivity contribution in [3.05, 3.63) is 107 Å². The van der Waals surface area contributed by atoms with Crippen molar-refractivity contribution in [2.75, 3.05) is 0 Å². The van der Waals surface area contributed by atoms with Crippen molar-refractivity contribution in [3.8, 4) is 0 Å². The number of hydrogen-bond donors (Lipinski definition) is 0. The standard InChI is InChI=1S/C25H24O/c1-19(2)18-22-12-16-24(17-13-22)25(26)23-14-10-21(11-15-23)9-8-20-6-4-3-5-7-20/h3-17,19H,18H2,1-2H3. The molecule has 0 N–H and O–H groups in total. The molecule has 0 aliphatic rings. The van der Waals surface area contributed by atoms with Crippen molar-refractivity contribution >= 4 is 17.9 Å². The van der Waals surface area contributed by atoms with Gasteiger partial charge in [0.2, 0.25) is 0 Å². The van der Waals surface area contributed by atoms with E-state index in [2.05, 4.69) is 50.3 Å². The third-order valence-corrected chi connectivity index (χ3v) is 4.30. The summed E-state index contributed by atoms with van der Waals surface area (Å²) in [5.74, 6) is 0.688. The van der Waals surface area contributed by atoms with Crippen LogP contribution in [0.4, 0.5) is 0 Å². The second-order valence-corrected chi connectivity index (χ2v) is 6.99. The van der Waals surface area contributed by atoms with Crippen LogP contribution in [0.3, 0.4) is 0 Å². The summed E-state index contributed by atoms with van der Waals surface area (Å²) in [7, 11) is 0. The Morgan fingerprint density at radius 2 is 1.23 bits per heavy atom. The van der Waals surface area contributed by atoms with Gasteiger partial charge in [-0.15, -0.1) is 0 Å². The molecule has 3 rings (SSSR count). The van der Waals surface area contributed by atoms with E-state index in [0.29, 0.717) is 5.92 Å². The molecule has 0 bridgehead atoms. The van der Waals surface area contributed by atoms with Crippen LogP contribution in [0, 0.1) is 5.92 Å².